The fourth-order valence-corrected chi connectivity index (χ4v) is 3.67. The minimum Gasteiger partial charge on any atom is -0.494 e. The van der Waals surface area contributed by atoms with E-state index in [9.17, 15) is 14.9 Å². The Bertz CT molecular complexity index is 1180. The highest BCUT2D eigenvalue weighted by Crippen LogP contribution is 2.31. The Morgan fingerprint density at radius 1 is 1.13 bits per heavy atom. The fraction of sp³-hybridized carbons (Fsp3) is 0.0909. The average Bonchev–Trinajstić information content (AvgIpc) is 3.36. The molecule has 3 aromatic rings. The number of carbonyl (C=O) groups is 1. The van der Waals surface area contributed by atoms with Crippen LogP contribution in [0.15, 0.2) is 75.0 Å². The summed E-state index contributed by atoms with van der Waals surface area (Å²) in [7, 11) is 0. The van der Waals surface area contributed by atoms with Crippen LogP contribution in [0.1, 0.15) is 12.7 Å². The van der Waals surface area contributed by atoms with Gasteiger partial charge in [-0.2, -0.15) is 0 Å². The van der Waals surface area contributed by atoms with Gasteiger partial charge in [-0.25, -0.2) is 4.99 Å². The van der Waals surface area contributed by atoms with E-state index in [0.29, 0.717) is 39.5 Å². The first-order valence-electron chi connectivity index (χ1n) is 9.39. The number of nitrogens with one attached hydrogen (secondary N) is 1. The first kappa shape index (κ1) is 20.4. The lowest BCUT2D eigenvalue weighted by Crippen LogP contribution is -2.19. The Morgan fingerprint density at radius 3 is 2.55 bits per heavy atom. The molecule has 0 bridgehead atoms. The van der Waals surface area contributed by atoms with E-state index in [2.05, 4.69) is 10.3 Å². The molecule has 1 saturated heterocycles. The van der Waals surface area contributed by atoms with Crippen LogP contribution in [-0.4, -0.2) is 22.6 Å². The van der Waals surface area contributed by atoms with Gasteiger partial charge in [-0.3, -0.25) is 14.9 Å². The smallest absolute Gasteiger partial charge is 0.269 e. The van der Waals surface area contributed by atoms with Gasteiger partial charge in [0, 0.05) is 23.8 Å². The summed E-state index contributed by atoms with van der Waals surface area (Å²) in [5, 5.41) is 14.0. The van der Waals surface area contributed by atoms with E-state index in [1.165, 1.54) is 23.9 Å². The number of benzene rings is 2. The van der Waals surface area contributed by atoms with Crippen LogP contribution in [0, 0.1) is 10.1 Å². The molecule has 4 rings (SSSR count). The predicted molar refractivity (Wildman–Crippen MR) is 119 cm³/mol. The number of nitro groups is 1. The van der Waals surface area contributed by atoms with Gasteiger partial charge in [0.05, 0.1) is 22.1 Å². The molecule has 31 heavy (non-hydrogen) atoms. The topological polar surface area (TPSA) is 107 Å². The zero-order valence-electron chi connectivity index (χ0n) is 16.4. The number of carbonyl (C=O) groups excluding carboxylic acids is 1. The molecule has 156 valence electrons. The van der Waals surface area contributed by atoms with Gasteiger partial charge in [0.1, 0.15) is 17.3 Å². The molecule has 8 nitrogen and oxygen atoms in total. The van der Waals surface area contributed by atoms with Gasteiger partial charge in [-0.05, 0) is 67.2 Å². The number of thioether (sulfide) groups is 1. The second-order valence-electron chi connectivity index (χ2n) is 6.41. The van der Waals surface area contributed by atoms with Gasteiger partial charge in [0.25, 0.3) is 11.6 Å². The summed E-state index contributed by atoms with van der Waals surface area (Å²) < 4.78 is 11.2. The average molecular weight is 435 g/mol. The van der Waals surface area contributed by atoms with Crippen molar-refractivity contribution in [2.45, 2.75) is 6.92 Å². The largest absolute Gasteiger partial charge is 0.494 e. The van der Waals surface area contributed by atoms with E-state index in [1.54, 1.807) is 30.3 Å². The van der Waals surface area contributed by atoms with Crippen LogP contribution >= 0.6 is 11.8 Å². The lowest BCUT2D eigenvalue weighted by atomic mass is 10.1. The van der Waals surface area contributed by atoms with Gasteiger partial charge in [0.2, 0.25) is 0 Å². The highest BCUT2D eigenvalue weighted by molar-refractivity contribution is 8.18. The second kappa shape index (κ2) is 8.88. The van der Waals surface area contributed by atoms with Crippen LogP contribution in [0.4, 0.5) is 11.4 Å². The molecular formula is C22H17N3O5S. The molecule has 0 saturated carbocycles. The monoisotopic (exact) mass is 435 g/mol. The Hall–Kier alpha value is -3.85. The molecule has 1 fully saturated rings. The van der Waals surface area contributed by atoms with E-state index >= 15 is 0 Å². The molecule has 0 spiro atoms. The van der Waals surface area contributed by atoms with Crippen molar-refractivity contribution in [3.8, 4) is 17.1 Å². The summed E-state index contributed by atoms with van der Waals surface area (Å²) in [6.45, 7) is 2.51. The zero-order chi connectivity index (χ0) is 21.8. The molecule has 2 heterocycles. The number of furan rings is 1. The maximum atomic E-state index is 12.3. The zero-order valence-corrected chi connectivity index (χ0v) is 17.2. The third-order valence-electron chi connectivity index (χ3n) is 4.29. The maximum absolute atomic E-state index is 12.3. The van der Waals surface area contributed by atoms with Crippen molar-refractivity contribution in [1.82, 2.24) is 5.32 Å². The molecule has 1 N–H and O–H groups in total. The van der Waals surface area contributed by atoms with E-state index in [0.717, 1.165) is 5.75 Å². The molecule has 0 radical (unpaired) electrons. The third kappa shape index (κ3) is 4.84. The number of nitro benzene ring substituents is 1. The lowest BCUT2D eigenvalue weighted by molar-refractivity contribution is -0.384. The number of nitrogens with zero attached hydrogens (tertiary/aromatic N) is 2. The molecule has 1 aliphatic rings. The Balaban J connectivity index is 1.48. The van der Waals surface area contributed by atoms with Gasteiger partial charge in [-0.1, -0.05) is 0 Å². The molecule has 2 aromatic carbocycles. The Labute approximate surface area is 181 Å². The number of aliphatic imine (C=N–C) groups is 1. The van der Waals surface area contributed by atoms with Crippen LogP contribution < -0.4 is 10.1 Å². The number of ether oxygens (including phenoxy) is 1. The summed E-state index contributed by atoms with van der Waals surface area (Å²) in [4.78, 5) is 27.5. The molecule has 1 aliphatic heterocycles. The highest BCUT2D eigenvalue weighted by atomic mass is 32.2. The predicted octanol–water partition coefficient (Wildman–Crippen LogP) is 5.15. The number of hydrogen-bond acceptors (Lipinski definition) is 7. The van der Waals surface area contributed by atoms with Crippen molar-refractivity contribution in [1.29, 1.82) is 0 Å². The molecule has 0 atom stereocenters. The van der Waals surface area contributed by atoms with Crippen molar-refractivity contribution in [3.63, 3.8) is 0 Å². The first-order chi connectivity index (χ1) is 15.0. The second-order valence-corrected chi connectivity index (χ2v) is 7.45. The molecule has 1 aromatic heterocycles. The van der Waals surface area contributed by atoms with Gasteiger partial charge in [-0.15, -0.1) is 0 Å². The van der Waals surface area contributed by atoms with Crippen molar-refractivity contribution in [2.75, 3.05) is 6.61 Å². The van der Waals surface area contributed by atoms with E-state index in [-0.39, 0.29) is 11.6 Å². The molecular weight excluding hydrogens is 418 g/mol. The summed E-state index contributed by atoms with van der Waals surface area (Å²) in [5.74, 6) is 1.54. The molecule has 1 amide bonds. The summed E-state index contributed by atoms with van der Waals surface area (Å²) >= 11 is 1.22. The first-order valence-corrected chi connectivity index (χ1v) is 10.2. The fourth-order valence-electron chi connectivity index (χ4n) is 2.84. The van der Waals surface area contributed by atoms with Crippen molar-refractivity contribution in [3.05, 3.63) is 81.4 Å². The van der Waals surface area contributed by atoms with Gasteiger partial charge in [0.15, 0.2) is 5.17 Å². The number of rotatable bonds is 6. The quantitative estimate of drug-likeness (QED) is 0.326. The minimum atomic E-state index is -0.454. The highest BCUT2D eigenvalue weighted by Gasteiger charge is 2.24. The van der Waals surface area contributed by atoms with Gasteiger partial charge < -0.3 is 14.5 Å². The maximum Gasteiger partial charge on any atom is 0.269 e. The Morgan fingerprint density at radius 2 is 1.87 bits per heavy atom. The van der Waals surface area contributed by atoms with Crippen LogP contribution in [0.2, 0.25) is 0 Å². The Kier molecular flexibility index (Phi) is 5.85. The van der Waals surface area contributed by atoms with Crippen LogP contribution in [0.25, 0.3) is 17.4 Å². The number of amides is 1. The molecule has 0 aliphatic carbocycles. The molecule has 0 unspecified atom stereocenters. The number of amidine groups is 1. The SMILES string of the molecule is CCOc1ccc(N=C2NC(=O)C(=Cc3ccc(-c4ccc([N+](=O)[O-])cc4)o3)S2)cc1. The van der Waals surface area contributed by atoms with Crippen molar-refractivity contribution >= 4 is 40.3 Å². The van der Waals surface area contributed by atoms with Crippen LogP contribution in [-0.2, 0) is 4.79 Å². The third-order valence-corrected chi connectivity index (χ3v) is 5.20. The normalized spacial score (nSPS) is 16.0. The minimum absolute atomic E-state index is 0.0102. The summed E-state index contributed by atoms with van der Waals surface area (Å²) in [6, 6.07) is 16.8. The standard InChI is InChI=1S/C22H17N3O5S/c1-2-29-17-9-5-15(6-10-17)23-22-24-21(26)20(31-22)13-18-11-12-19(30-18)14-3-7-16(8-4-14)25(27)28/h3-13H,2H2,1H3,(H,23,24,26). The summed E-state index contributed by atoms with van der Waals surface area (Å²) in [6.07, 6.45) is 1.63. The number of hydrogen-bond donors (Lipinski definition) is 1. The van der Waals surface area contributed by atoms with Crippen molar-refractivity contribution in [2.24, 2.45) is 4.99 Å². The van der Waals surface area contributed by atoms with Gasteiger partial charge >= 0.3 is 0 Å². The molecule has 9 heteroatoms. The van der Waals surface area contributed by atoms with E-state index in [1.807, 2.05) is 31.2 Å². The lowest BCUT2D eigenvalue weighted by Gasteiger charge is -2.02. The number of non-ortho nitro benzene ring substituents is 1. The van der Waals surface area contributed by atoms with Crippen LogP contribution in [0.3, 0.4) is 0 Å². The van der Waals surface area contributed by atoms with Crippen molar-refractivity contribution < 1.29 is 18.9 Å². The van der Waals surface area contributed by atoms with E-state index in [4.69, 9.17) is 9.15 Å². The van der Waals surface area contributed by atoms with E-state index < -0.39 is 4.92 Å². The summed E-state index contributed by atoms with van der Waals surface area (Å²) in [5.41, 5.74) is 1.42. The van der Waals surface area contributed by atoms with Crippen LogP contribution in [0.5, 0.6) is 5.75 Å².